The lowest BCUT2D eigenvalue weighted by Crippen LogP contribution is -2.37. The summed E-state index contributed by atoms with van der Waals surface area (Å²) in [5, 5.41) is 0. The van der Waals surface area contributed by atoms with Crippen molar-refractivity contribution in [1.29, 1.82) is 0 Å². The van der Waals surface area contributed by atoms with Crippen molar-refractivity contribution in [1.82, 2.24) is 4.90 Å². The minimum absolute atomic E-state index is 0.0488. The topological polar surface area (TPSA) is 15.6 Å². The van der Waals surface area contributed by atoms with Gasteiger partial charge in [0.25, 0.3) is 0 Å². The van der Waals surface area contributed by atoms with Crippen LogP contribution in [0.2, 0.25) is 0 Å². The molecule has 2 aliphatic rings. The van der Waals surface area contributed by atoms with Crippen molar-refractivity contribution < 1.29 is 13.2 Å². The van der Waals surface area contributed by atoms with Crippen molar-refractivity contribution in [2.45, 2.75) is 57.2 Å². The van der Waals surface area contributed by atoms with Gasteiger partial charge in [-0.15, -0.1) is 0 Å². The second-order valence-corrected chi connectivity index (χ2v) is 6.13. The van der Waals surface area contributed by atoms with Crippen LogP contribution in [-0.4, -0.2) is 23.3 Å². The van der Waals surface area contributed by atoms with Gasteiger partial charge in [0.2, 0.25) is 0 Å². The summed E-state index contributed by atoms with van der Waals surface area (Å²) in [5.41, 5.74) is -0.592. The predicted molar refractivity (Wildman–Crippen MR) is 81.4 cm³/mol. The number of likely N-dealkylation sites (tertiary alicyclic amines) is 1. The van der Waals surface area contributed by atoms with Gasteiger partial charge >= 0.3 is 6.18 Å². The fourth-order valence-corrected chi connectivity index (χ4v) is 3.54. The van der Waals surface area contributed by atoms with Gasteiger partial charge in [-0.2, -0.15) is 13.2 Å². The molecule has 0 bridgehead atoms. The highest BCUT2D eigenvalue weighted by molar-refractivity contribution is 5.87. The largest absolute Gasteiger partial charge is 0.418 e. The summed E-state index contributed by atoms with van der Waals surface area (Å²) in [5.74, 6) is 0.837. The summed E-state index contributed by atoms with van der Waals surface area (Å²) in [6.45, 7) is 0.928. The quantitative estimate of drug-likeness (QED) is 0.736. The van der Waals surface area contributed by atoms with Crippen LogP contribution in [-0.2, 0) is 6.18 Å². The van der Waals surface area contributed by atoms with Gasteiger partial charge in [-0.3, -0.25) is 0 Å². The van der Waals surface area contributed by atoms with Crippen LogP contribution in [0.5, 0.6) is 0 Å². The van der Waals surface area contributed by atoms with E-state index < -0.39 is 11.7 Å². The van der Waals surface area contributed by atoms with Gasteiger partial charge in [0.15, 0.2) is 0 Å². The van der Waals surface area contributed by atoms with Crippen LogP contribution < -0.4 is 0 Å². The first kappa shape index (κ1) is 15.4. The molecular weight excluding hydrogens is 289 g/mol. The van der Waals surface area contributed by atoms with E-state index in [-0.39, 0.29) is 5.69 Å². The second-order valence-electron chi connectivity index (χ2n) is 6.13. The van der Waals surface area contributed by atoms with E-state index in [4.69, 9.17) is 0 Å². The van der Waals surface area contributed by atoms with Crippen LogP contribution in [0.15, 0.2) is 29.3 Å². The third-order valence-electron chi connectivity index (χ3n) is 4.61. The molecule has 2 fully saturated rings. The Bertz CT molecular complexity index is 545. The van der Waals surface area contributed by atoms with Gasteiger partial charge in [0, 0.05) is 19.0 Å². The maximum Gasteiger partial charge on any atom is 0.418 e. The molecule has 0 aromatic heterocycles. The fraction of sp³-hybridized carbons (Fsp3) is 0.588. The number of benzene rings is 1. The molecule has 1 saturated heterocycles. The van der Waals surface area contributed by atoms with Crippen LogP contribution >= 0.6 is 0 Å². The molecule has 0 amide bonds. The summed E-state index contributed by atoms with van der Waals surface area (Å²) in [6.07, 6.45) is 3.40. The Kier molecular flexibility index (Phi) is 4.41. The summed E-state index contributed by atoms with van der Waals surface area (Å²) in [6, 6.07) is 6.08. The Morgan fingerprint density at radius 3 is 2.45 bits per heavy atom. The van der Waals surface area contributed by atoms with Crippen LogP contribution in [0.1, 0.15) is 50.5 Å². The average molecular weight is 310 g/mol. The van der Waals surface area contributed by atoms with Crippen LogP contribution in [0.3, 0.4) is 0 Å². The van der Waals surface area contributed by atoms with Gasteiger partial charge < -0.3 is 4.90 Å². The number of hydrogen-bond acceptors (Lipinski definition) is 1. The van der Waals surface area contributed by atoms with E-state index in [9.17, 15) is 13.2 Å². The maximum absolute atomic E-state index is 13.1. The molecule has 1 aliphatic carbocycles. The van der Waals surface area contributed by atoms with Gasteiger partial charge in [-0.1, -0.05) is 31.4 Å². The van der Waals surface area contributed by atoms with Gasteiger partial charge in [-0.25, -0.2) is 4.99 Å². The zero-order chi connectivity index (χ0) is 15.6. The number of aliphatic imine (C=N–C) groups is 1. The number of hydrogen-bond donors (Lipinski definition) is 0. The molecular formula is C17H21F3N2. The zero-order valence-electron chi connectivity index (χ0n) is 12.6. The van der Waals surface area contributed by atoms with Gasteiger partial charge in [0.05, 0.1) is 11.3 Å². The zero-order valence-corrected chi connectivity index (χ0v) is 12.6. The smallest absolute Gasteiger partial charge is 0.357 e. The van der Waals surface area contributed by atoms with Crippen LogP contribution in [0, 0.1) is 0 Å². The molecule has 1 aliphatic heterocycles. The normalized spacial score (nSPS) is 22.5. The number of alkyl halides is 3. The minimum atomic E-state index is -4.35. The minimum Gasteiger partial charge on any atom is -0.357 e. The van der Waals surface area contributed by atoms with E-state index in [0.29, 0.717) is 6.04 Å². The number of para-hydroxylation sites is 1. The average Bonchev–Trinajstić information content (AvgIpc) is 2.96. The molecule has 22 heavy (non-hydrogen) atoms. The molecule has 0 N–H and O–H groups in total. The van der Waals surface area contributed by atoms with E-state index >= 15 is 0 Å². The first-order chi connectivity index (χ1) is 10.6. The van der Waals surface area contributed by atoms with Crippen molar-refractivity contribution in [3.63, 3.8) is 0 Å². The molecule has 5 heteroatoms. The lowest BCUT2D eigenvalue weighted by molar-refractivity contribution is -0.137. The Morgan fingerprint density at radius 1 is 1.00 bits per heavy atom. The maximum atomic E-state index is 13.1. The number of rotatable bonds is 2. The molecule has 0 unspecified atom stereocenters. The summed E-state index contributed by atoms with van der Waals surface area (Å²) >= 11 is 0. The van der Waals surface area contributed by atoms with Crippen molar-refractivity contribution >= 4 is 11.5 Å². The van der Waals surface area contributed by atoms with E-state index in [1.165, 1.54) is 31.4 Å². The summed E-state index contributed by atoms with van der Waals surface area (Å²) in [4.78, 5) is 6.66. The third-order valence-corrected chi connectivity index (χ3v) is 4.61. The Morgan fingerprint density at radius 2 is 1.73 bits per heavy atom. The number of amidine groups is 1. The number of halogens is 3. The Labute approximate surface area is 129 Å². The van der Waals surface area contributed by atoms with E-state index in [1.54, 1.807) is 6.07 Å². The van der Waals surface area contributed by atoms with E-state index in [0.717, 1.165) is 44.1 Å². The SMILES string of the molecule is FC(F)(F)c1ccccc1N=C1CCCN1C1CCCCC1. The highest BCUT2D eigenvalue weighted by atomic mass is 19.4. The third kappa shape index (κ3) is 3.28. The molecule has 0 radical (unpaired) electrons. The number of nitrogens with zero attached hydrogens (tertiary/aromatic N) is 2. The second kappa shape index (κ2) is 6.31. The molecule has 2 nitrogen and oxygen atoms in total. The van der Waals surface area contributed by atoms with Gasteiger partial charge in [-0.05, 0) is 31.4 Å². The van der Waals surface area contributed by atoms with Crippen molar-refractivity contribution in [3.05, 3.63) is 29.8 Å². The first-order valence-electron chi connectivity index (χ1n) is 8.06. The van der Waals surface area contributed by atoms with E-state index in [2.05, 4.69) is 9.89 Å². The van der Waals surface area contributed by atoms with Crippen LogP contribution in [0.25, 0.3) is 0 Å². The Hall–Kier alpha value is -1.52. The molecule has 120 valence electrons. The van der Waals surface area contributed by atoms with Crippen LogP contribution in [0.4, 0.5) is 18.9 Å². The molecule has 1 aromatic carbocycles. The molecule has 3 rings (SSSR count). The standard InChI is InChI=1S/C17H21F3N2/c18-17(19,20)14-9-4-5-10-15(14)21-16-11-6-12-22(16)13-7-2-1-3-8-13/h4-5,9-10,13H,1-3,6-8,11-12H2. The molecule has 1 saturated carbocycles. The van der Waals surface area contributed by atoms with Crippen molar-refractivity contribution in [3.8, 4) is 0 Å². The highest BCUT2D eigenvalue weighted by Crippen LogP contribution is 2.37. The predicted octanol–water partition coefficient (Wildman–Crippen LogP) is 5.16. The monoisotopic (exact) mass is 310 g/mol. The Balaban J connectivity index is 1.87. The molecule has 0 atom stereocenters. The summed E-state index contributed by atoms with van der Waals surface area (Å²) < 4.78 is 39.3. The van der Waals surface area contributed by atoms with Crippen molar-refractivity contribution in [2.24, 2.45) is 4.99 Å². The molecule has 0 spiro atoms. The van der Waals surface area contributed by atoms with Crippen molar-refractivity contribution in [2.75, 3.05) is 6.54 Å². The lowest BCUT2D eigenvalue weighted by atomic mass is 9.94. The van der Waals surface area contributed by atoms with E-state index in [1.807, 2.05) is 0 Å². The first-order valence-corrected chi connectivity index (χ1v) is 8.06. The molecule has 1 aromatic rings. The highest BCUT2D eigenvalue weighted by Gasteiger charge is 2.34. The fourth-order valence-electron chi connectivity index (χ4n) is 3.54. The molecule has 1 heterocycles. The summed E-state index contributed by atoms with van der Waals surface area (Å²) in [7, 11) is 0. The van der Waals surface area contributed by atoms with Gasteiger partial charge in [0.1, 0.15) is 5.84 Å². The lowest BCUT2D eigenvalue weighted by Gasteiger charge is -2.33.